The highest BCUT2D eigenvalue weighted by molar-refractivity contribution is 5.29. The van der Waals surface area contributed by atoms with Gasteiger partial charge in [-0.05, 0) is 61.3 Å². The molecule has 1 aromatic rings. The third-order valence-electron chi connectivity index (χ3n) is 3.76. The lowest BCUT2D eigenvalue weighted by Crippen LogP contribution is -2.35. The van der Waals surface area contributed by atoms with Crippen molar-refractivity contribution in [3.8, 4) is 0 Å². The maximum atomic E-state index is 13.4. The molecule has 1 aromatic carbocycles. The van der Waals surface area contributed by atoms with E-state index in [4.69, 9.17) is 0 Å². The lowest BCUT2D eigenvalue weighted by atomic mass is 9.70. The largest absolute Gasteiger partial charge is 0.385 e. The van der Waals surface area contributed by atoms with E-state index in [2.05, 4.69) is 13.8 Å². The van der Waals surface area contributed by atoms with E-state index >= 15 is 0 Å². The van der Waals surface area contributed by atoms with E-state index < -0.39 is 5.60 Å². The van der Waals surface area contributed by atoms with Crippen LogP contribution in [-0.2, 0) is 5.60 Å². The summed E-state index contributed by atoms with van der Waals surface area (Å²) in [6.45, 7) is 6.19. The number of hydrogen-bond donors (Lipinski definition) is 1. The Hall–Kier alpha value is -0.890. The van der Waals surface area contributed by atoms with E-state index in [-0.39, 0.29) is 5.82 Å². The van der Waals surface area contributed by atoms with Crippen LogP contribution in [0.5, 0.6) is 0 Å². The summed E-state index contributed by atoms with van der Waals surface area (Å²) in [6, 6.07) is 4.90. The van der Waals surface area contributed by atoms with Crippen molar-refractivity contribution in [1.29, 1.82) is 0 Å². The molecule has 0 saturated heterocycles. The summed E-state index contributed by atoms with van der Waals surface area (Å²) in [5, 5.41) is 10.8. The van der Waals surface area contributed by atoms with Crippen molar-refractivity contribution in [1.82, 2.24) is 0 Å². The van der Waals surface area contributed by atoms with Gasteiger partial charge in [-0.2, -0.15) is 0 Å². The van der Waals surface area contributed by atoms with Crippen molar-refractivity contribution in [3.05, 3.63) is 35.1 Å². The molecule has 0 heterocycles. The van der Waals surface area contributed by atoms with Crippen LogP contribution >= 0.6 is 0 Å². The number of aliphatic hydroxyl groups is 1. The van der Waals surface area contributed by atoms with Crippen LogP contribution in [0.15, 0.2) is 18.2 Å². The zero-order valence-electron chi connectivity index (χ0n) is 10.8. The zero-order valence-corrected chi connectivity index (χ0v) is 10.8. The summed E-state index contributed by atoms with van der Waals surface area (Å²) in [5.41, 5.74) is 0.775. The molecular weight excluding hydrogens is 215 g/mol. The molecule has 1 fully saturated rings. The molecule has 1 saturated carbocycles. The van der Waals surface area contributed by atoms with Gasteiger partial charge in [0.15, 0.2) is 0 Å². The van der Waals surface area contributed by atoms with Crippen molar-refractivity contribution in [2.24, 2.45) is 11.8 Å². The molecule has 2 unspecified atom stereocenters. The Morgan fingerprint density at radius 3 is 2.29 bits per heavy atom. The van der Waals surface area contributed by atoms with E-state index in [9.17, 15) is 9.50 Å². The molecule has 0 bridgehead atoms. The predicted molar refractivity (Wildman–Crippen MR) is 67.2 cm³/mol. The van der Waals surface area contributed by atoms with Crippen LogP contribution in [-0.4, -0.2) is 5.11 Å². The second-order valence-electron chi connectivity index (χ2n) is 5.90. The molecule has 2 atom stereocenters. The summed E-state index contributed by atoms with van der Waals surface area (Å²) in [4.78, 5) is 0. The fourth-order valence-electron chi connectivity index (χ4n) is 3.33. The number of benzene rings is 1. The molecule has 1 aliphatic rings. The Balaban J connectivity index is 2.36. The van der Waals surface area contributed by atoms with Gasteiger partial charge >= 0.3 is 0 Å². The average Bonchev–Trinajstić information content (AvgIpc) is 2.13. The van der Waals surface area contributed by atoms with Gasteiger partial charge in [-0.3, -0.25) is 0 Å². The molecule has 94 valence electrons. The number of aryl methyl sites for hydroxylation is 1. The zero-order chi connectivity index (χ0) is 12.6. The van der Waals surface area contributed by atoms with E-state index in [0.29, 0.717) is 11.8 Å². The van der Waals surface area contributed by atoms with Gasteiger partial charge in [0.2, 0.25) is 0 Å². The number of halogens is 1. The van der Waals surface area contributed by atoms with E-state index in [1.165, 1.54) is 12.1 Å². The second-order valence-corrected chi connectivity index (χ2v) is 5.90. The quantitative estimate of drug-likeness (QED) is 0.786. The molecular formula is C15H21FO. The molecule has 2 rings (SSSR count). The maximum Gasteiger partial charge on any atom is 0.123 e. The summed E-state index contributed by atoms with van der Waals surface area (Å²) < 4.78 is 13.4. The van der Waals surface area contributed by atoms with Crippen molar-refractivity contribution in [3.63, 3.8) is 0 Å². The fraction of sp³-hybridized carbons (Fsp3) is 0.600. The van der Waals surface area contributed by atoms with Crippen molar-refractivity contribution >= 4 is 0 Å². The maximum absolute atomic E-state index is 13.4. The Morgan fingerprint density at radius 2 is 1.76 bits per heavy atom. The van der Waals surface area contributed by atoms with Gasteiger partial charge < -0.3 is 5.11 Å². The summed E-state index contributed by atoms with van der Waals surface area (Å²) in [7, 11) is 0. The Morgan fingerprint density at radius 1 is 1.18 bits per heavy atom. The minimum absolute atomic E-state index is 0.251. The average molecular weight is 236 g/mol. The van der Waals surface area contributed by atoms with Gasteiger partial charge in [0, 0.05) is 0 Å². The number of hydrogen-bond acceptors (Lipinski definition) is 1. The van der Waals surface area contributed by atoms with Gasteiger partial charge in [0.25, 0.3) is 0 Å². The molecule has 1 N–H and O–H groups in total. The predicted octanol–water partition coefficient (Wildman–Crippen LogP) is 3.78. The van der Waals surface area contributed by atoms with E-state index in [0.717, 1.165) is 30.4 Å². The minimum atomic E-state index is -0.843. The van der Waals surface area contributed by atoms with Gasteiger partial charge in [0.05, 0.1) is 5.60 Å². The van der Waals surface area contributed by atoms with Gasteiger partial charge in [0.1, 0.15) is 5.82 Å². The van der Waals surface area contributed by atoms with Crippen LogP contribution in [0.2, 0.25) is 0 Å². The molecule has 0 aliphatic heterocycles. The lowest BCUT2D eigenvalue weighted by molar-refractivity contribution is -0.0365. The molecule has 0 radical (unpaired) electrons. The third-order valence-corrected chi connectivity index (χ3v) is 3.76. The highest BCUT2D eigenvalue weighted by atomic mass is 19.1. The smallest absolute Gasteiger partial charge is 0.123 e. The molecule has 17 heavy (non-hydrogen) atoms. The van der Waals surface area contributed by atoms with Crippen LogP contribution in [0.25, 0.3) is 0 Å². The second kappa shape index (κ2) is 4.41. The van der Waals surface area contributed by atoms with Crippen LogP contribution in [0.4, 0.5) is 4.39 Å². The van der Waals surface area contributed by atoms with Crippen LogP contribution in [0, 0.1) is 24.6 Å². The normalized spacial score (nSPS) is 33.7. The SMILES string of the molecule is Cc1cc(F)cc(C2(O)CC(C)CC(C)C2)c1. The van der Waals surface area contributed by atoms with Crippen LogP contribution in [0.3, 0.4) is 0 Å². The van der Waals surface area contributed by atoms with E-state index in [1.807, 2.05) is 13.0 Å². The first-order chi connectivity index (χ1) is 7.89. The number of rotatable bonds is 1. The third kappa shape index (κ3) is 2.68. The molecule has 0 aromatic heterocycles. The summed E-state index contributed by atoms with van der Waals surface area (Å²) in [6.07, 6.45) is 2.62. The van der Waals surface area contributed by atoms with Crippen molar-refractivity contribution < 1.29 is 9.50 Å². The molecule has 0 spiro atoms. The minimum Gasteiger partial charge on any atom is -0.385 e. The first-order valence-electron chi connectivity index (χ1n) is 6.39. The standard InChI is InChI=1S/C15H21FO/c1-10-5-13(7-14(16)6-10)15(17)8-11(2)4-12(3)9-15/h5-7,11-12,17H,4,8-9H2,1-3H3. The Kier molecular flexibility index (Phi) is 3.26. The van der Waals surface area contributed by atoms with Crippen molar-refractivity contribution in [2.75, 3.05) is 0 Å². The van der Waals surface area contributed by atoms with Crippen LogP contribution in [0.1, 0.15) is 44.2 Å². The molecule has 0 amide bonds. The summed E-state index contributed by atoms with van der Waals surface area (Å²) in [5.74, 6) is 0.735. The van der Waals surface area contributed by atoms with Crippen molar-refractivity contribution in [2.45, 2.75) is 45.6 Å². The first kappa shape index (κ1) is 12.6. The first-order valence-corrected chi connectivity index (χ1v) is 6.39. The van der Waals surface area contributed by atoms with Gasteiger partial charge in [-0.1, -0.05) is 19.9 Å². The highest BCUT2D eigenvalue weighted by Gasteiger charge is 2.37. The van der Waals surface area contributed by atoms with E-state index in [1.54, 1.807) is 0 Å². The monoisotopic (exact) mass is 236 g/mol. The van der Waals surface area contributed by atoms with Crippen LogP contribution < -0.4 is 0 Å². The summed E-state index contributed by atoms with van der Waals surface area (Å²) >= 11 is 0. The molecule has 1 aliphatic carbocycles. The molecule has 2 heteroatoms. The lowest BCUT2D eigenvalue weighted by Gasteiger charge is -2.39. The van der Waals surface area contributed by atoms with Gasteiger partial charge in [-0.15, -0.1) is 0 Å². The Labute approximate surface area is 103 Å². The fourth-order valence-corrected chi connectivity index (χ4v) is 3.33. The topological polar surface area (TPSA) is 20.2 Å². The Bertz CT molecular complexity index is 383. The highest BCUT2D eigenvalue weighted by Crippen LogP contribution is 2.42. The molecule has 1 nitrogen and oxygen atoms in total. The van der Waals surface area contributed by atoms with Gasteiger partial charge in [-0.25, -0.2) is 4.39 Å².